The molecule has 7 nitrogen and oxygen atoms in total. The molecule has 1 fully saturated rings. The van der Waals surface area contributed by atoms with Gasteiger partial charge >= 0.3 is 0 Å². The van der Waals surface area contributed by atoms with Gasteiger partial charge in [0.15, 0.2) is 0 Å². The first-order chi connectivity index (χ1) is 17.2. The number of amides is 1. The van der Waals surface area contributed by atoms with E-state index >= 15 is 0 Å². The smallest absolute Gasteiger partial charge is 0.247 e. The van der Waals surface area contributed by atoms with Crippen LogP contribution in [0.4, 0.5) is 17.3 Å². The highest BCUT2D eigenvalue weighted by Gasteiger charge is 2.15. The molecule has 0 unspecified atom stereocenters. The Kier molecular flexibility index (Phi) is 6.68. The monoisotopic (exact) mass is 466 g/mol. The van der Waals surface area contributed by atoms with Crippen LogP contribution in [-0.4, -0.2) is 35.2 Å². The zero-order chi connectivity index (χ0) is 24.0. The molecule has 1 saturated heterocycles. The second kappa shape index (κ2) is 10.4. The van der Waals surface area contributed by atoms with Gasteiger partial charge in [-0.3, -0.25) is 4.79 Å². The highest BCUT2D eigenvalue weighted by Crippen LogP contribution is 2.30. The zero-order valence-electron chi connectivity index (χ0n) is 19.2. The number of fused-ring (bicyclic) bond motifs is 1. The number of benzene rings is 3. The minimum Gasteiger partial charge on any atom is -0.490 e. The lowest BCUT2D eigenvalue weighted by Gasteiger charge is -2.23. The number of hydrogen-bond acceptors (Lipinski definition) is 6. The van der Waals surface area contributed by atoms with Gasteiger partial charge in [-0.1, -0.05) is 36.9 Å². The second-order valence-electron chi connectivity index (χ2n) is 8.27. The quantitative estimate of drug-likeness (QED) is 0.339. The molecule has 0 aliphatic carbocycles. The molecule has 5 rings (SSSR count). The summed E-state index contributed by atoms with van der Waals surface area (Å²) in [6, 6.07) is 23.2. The van der Waals surface area contributed by atoms with Gasteiger partial charge in [0, 0.05) is 35.2 Å². The van der Waals surface area contributed by atoms with Crippen LogP contribution in [0.25, 0.3) is 22.2 Å². The van der Waals surface area contributed by atoms with Crippen molar-refractivity contribution in [3.05, 3.63) is 85.5 Å². The molecule has 1 aromatic heterocycles. The maximum Gasteiger partial charge on any atom is 0.247 e. The second-order valence-corrected chi connectivity index (χ2v) is 8.27. The summed E-state index contributed by atoms with van der Waals surface area (Å²) in [7, 11) is 0. The normalized spacial score (nSPS) is 13.8. The maximum absolute atomic E-state index is 11.8. The van der Waals surface area contributed by atoms with Crippen LogP contribution >= 0.6 is 0 Å². The third-order valence-electron chi connectivity index (χ3n) is 5.77. The van der Waals surface area contributed by atoms with Crippen molar-refractivity contribution in [2.24, 2.45) is 0 Å². The molecule has 0 bridgehead atoms. The third-order valence-corrected chi connectivity index (χ3v) is 5.77. The maximum atomic E-state index is 11.8. The van der Waals surface area contributed by atoms with Gasteiger partial charge in [0.2, 0.25) is 11.9 Å². The van der Waals surface area contributed by atoms with Crippen LogP contribution in [0, 0.1) is 0 Å². The van der Waals surface area contributed by atoms with Crippen molar-refractivity contribution < 1.29 is 14.3 Å². The lowest BCUT2D eigenvalue weighted by atomic mass is 10.1. The van der Waals surface area contributed by atoms with E-state index < -0.39 is 0 Å². The molecule has 7 heteroatoms. The molecule has 0 atom stereocenters. The number of ether oxygens (including phenoxy) is 2. The molecule has 0 spiro atoms. The molecule has 1 amide bonds. The van der Waals surface area contributed by atoms with Crippen molar-refractivity contribution in [1.82, 2.24) is 9.97 Å². The number of nitrogens with one attached hydrogen (secondary N) is 2. The molecule has 0 saturated carbocycles. The average molecular weight is 467 g/mol. The fourth-order valence-corrected chi connectivity index (χ4v) is 4.02. The predicted octanol–water partition coefficient (Wildman–Crippen LogP) is 5.72. The molecule has 176 valence electrons. The van der Waals surface area contributed by atoms with E-state index in [-0.39, 0.29) is 12.0 Å². The van der Waals surface area contributed by atoms with Crippen LogP contribution in [0.2, 0.25) is 0 Å². The Morgan fingerprint density at radius 3 is 2.57 bits per heavy atom. The van der Waals surface area contributed by atoms with Crippen LogP contribution < -0.4 is 15.4 Å². The average Bonchev–Trinajstić information content (AvgIpc) is 2.90. The van der Waals surface area contributed by atoms with Crippen LogP contribution in [0.3, 0.4) is 0 Å². The highest BCUT2D eigenvalue weighted by atomic mass is 16.5. The van der Waals surface area contributed by atoms with Crippen LogP contribution in [0.1, 0.15) is 12.8 Å². The summed E-state index contributed by atoms with van der Waals surface area (Å²) < 4.78 is 11.5. The van der Waals surface area contributed by atoms with Crippen LogP contribution in [-0.2, 0) is 9.53 Å². The van der Waals surface area contributed by atoms with Gasteiger partial charge in [0.25, 0.3) is 0 Å². The predicted molar refractivity (Wildman–Crippen MR) is 138 cm³/mol. The first-order valence-electron chi connectivity index (χ1n) is 11.6. The molecule has 0 radical (unpaired) electrons. The number of hydrogen-bond donors (Lipinski definition) is 2. The SMILES string of the molecule is C=CC(=O)Nc1cccc(-c2nc(Nc3ccc(OC4CCOCC4)cc3)nc3ccccc23)c1. The minimum atomic E-state index is -0.263. The van der Waals surface area contributed by atoms with E-state index in [1.54, 1.807) is 0 Å². The Hall–Kier alpha value is -4.23. The minimum absolute atomic E-state index is 0.195. The van der Waals surface area contributed by atoms with Gasteiger partial charge in [-0.15, -0.1) is 0 Å². The van der Waals surface area contributed by atoms with E-state index in [9.17, 15) is 4.79 Å². The molecular formula is C28H26N4O3. The fraction of sp³-hybridized carbons (Fsp3) is 0.179. The lowest BCUT2D eigenvalue weighted by molar-refractivity contribution is -0.111. The number of anilines is 3. The Morgan fingerprint density at radius 2 is 1.77 bits per heavy atom. The van der Waals surface area contributed by atoms with Crippen molar-refractivity contribution in [2.45, 2.75) is 18.9 Å². The first-order valence-corrected chi connectivity index (χ1v) is 11.6. The molecule has 4 aromatic rings. The zero-order valence-corrected chi connectivity index (χ0v) is 19.2. The van der Waals surface area contributed by atoms with E-state index in [0.29, 0.717) is 11.6 Å². The molecule has 1 aliphatic rings. The third kappa shape index (κ3) is 5.47. The molecule has 1 aliphatic heterocycles. The Morgan fingerprint density at radius 1 is 0.971 bits per heavy atom. The largest absolute Gasteiger partial charge is 0.490 e. The number of rotatable bonds is 7. The summed E-state index contributed by atoms with van der Waals surface area (Å²) in [5.74, 6) is 1.06. The van der Waals surface area contributed by atoms with Gasteiger partial charge in [0.05, 0.1) is 24.4 Å². The van der Waals surface area contributed by atoms with Gasteiger partial charge in [0.1, 0.15) is 11.9 Å². The topological polar surface area (TPSA) is 85.4 Å². The number of carbonyl (C=O) groups is 1. The van der Waals surface area contributed by atoms with Crippen LogP contribution in [0.15, 0.2) is 85.5 Å². The van der Waals surface area contributed by atoms with E-state index in [2.05, 4.69) is 17.2 Å². The van der Waals surface area contributed by atoms with Crippen molar-refractivity contribution >= 4 is 34.1 Å². The summed E-state index contributed by atoms with van der Waals surface area (Å²) >= 11 is 0. The Bertz CT molecular complexity index is 1350. The molecule has 3 aromatic carbocycles. The summed E-state index contributed by atoms with van der Waals surface area (Å²) in [4.78, 5) is 21.3. The Labute approximate surface area is 203 Å². The van der Waals surface area contributed by atoms with Crippen molar-refractivity contribution in [3.63, 3.8) is 0 Å². The van der Waals surface area contributed by atoms with Crippen LogP contribution in [0.5, 0.6) is 5.75 Å². The molecular weight excluding hydrogens is 440 g/mol. The summed E-state index contributed by atoms with van der Waals surface area (Å²) in [6.45, 7) is 5.00. The van der Waals surface area contributed by atoms with E-state index in [0.717, 1.165) is 59.7 Å². The first kappa shape index (κ1) is 22.6. The number of para-hydroxylation sites is 1. The molecule has 2 heterocycles. The van der Waals surface area contributed by atoms with E-state index in [1.165, 1.54) is 6.08 Å². The standard InChI is InChI=1S/C28H26N4O3/c1-2-26(33)29-21-7-5-6-19(18-21)27-24-8-3-4-9-25(24)31-28(32-27)30-20-10-12-22(13-11-20)35-23-14-16-34-17-15-23/h2-13,18,23H,1,14-17H2,(H,29,33)(H,30,31,32). The van der Waals surface area contributed by atoms with Crippen molar-refractivity contribution in [2.75, 3.05) is 23.8 Å². The van der Waals surface area contributed by atoms with Crippen molar-refractivity contribution in [1.29, 1.82) is 0 Å². The van der Waals surface area contributed by atoms with Gasteiger partial charge in [-0.2, -0.15) is 0 Å². The highest BCUT2D eigenvalue weighted by molar-refractivity contribution is 6.00. The summed E-state index contributed by atoms with van der Waals surface area (Å²) in [5, 5.41) is 7.04. The number of carbonyl (C=O) groups excluding carboxylic acids is 1. The number of aromatic nitrogens is 2. The molecule has 35 heavy (non-hydrogen) atoms. The van der Waals surface area contributed by atoms with Gasteiger partial charge in [-0.05, 0) is 48.5 Å². The lowest BCUT2D eigenvalue weighted by Crippen LogP contribution is -2.25. The number of nitrogens with zero attached hydrogens (tertiary/aromatic N) is 2. The summed E-state index contributed by atoms with van der Waals surface area (Å²) in [5.41, 5.74) is 3.99. The van der Waals surface area contributed by atoms with E-state index in [4.69, 9.17) is 19.4 Å². The van der Waals surface area contributed by atoms with Gasteiger partial charge < -0.3 is 20.1 Å². The van der Waals surface area contributed by atoms with E-state index in [1.807, 2.05) is 72.8 Å². The molecule has 2 N–H and O–H groups in total. The fourth-order valence-electron chi connectivity index (χ4n) is 4.02. The summed E-state index contributed by atoms with van der Waals surface area (Å²) in [6.07, 6.45) is 3.26. The van der Waals surface area contributed by atoms with Gasteiger partial charge in [-0.25, -0.2) is 9.97 Å². The van der Waals surface area contributed by atoms with Crippen molar-refractivity contribution in [3.8, 4) is 17.0 Å². The Balaban J connectivity index is 1.41.